The van der Waals surface area contributed by atoms with E-state index in [0.29, 0.717) is 22.4 Å². The second kappa shape index (κ2) is 5.11. The largest absolute Gasteiger partial charge is 0.330 e. The van der Waals surface area contributed by atoms with Crippen molar-refractivity contribution in [3.63, 3.8) is 0 Å². The second-order valence-corrected chi connectivity index (χ2v) is 5.92. The molecule has 1 heterocycles. The maximum absolute atomic E-state index is 13.7. The van der Waals surface area contributed by atoms with Crippen molar-refractivity contribution in [3.8, 4) is 0 Å². The summed E-state index contributed by atoms with van der Waals surface area (Å²) in [6.07, 6.45) is 0. The molecule has 0 atom stereocenters. The zero-order valence-electron chi connectivity index (χ0n) is 12.3. The number of aromatic nitrogens is 2. The Bertz CT molecular complexity index is 866. The van der Waals surface area contributed by atoms with Gasteiger partial charge in [-0.3, -0.25) is 0 Å². The second-order valence-electron chi connectivity index (χ2n) is 5.53. The number of H-pyrrole nitrogens is 1. The van der Waals surface area contributed by atoms with Gasteiger partial charge in [0.25, 0.3) is 0 Å². The molecule has 0 bridgehead atoms. The fourth-order valence-corrected chi connectivity index (χ4v) is 3.06. The van der Waals surface area contributed by atoms with Gasteiger partial charge in [0.15, 0.2) is 4.77 Å². The quantitative estimate of drug-likeness (QED) is 0.673. The molecule has 3 rings (SSSR count). The monoisotopic (exact) mass is 300 g/mol. The van der Waals surface area contributed by atoms with Crippen molar-refractivity contribution in [2.75, 3.05) is 0 Å². The van der Waals surface area contributed by atoms with Crippen LogP contribution in [0.5, 0.6) is 0 Å². The van der Waals surface area contributed by atoms with Crippen molar-refractivity contribution in [2.24, 2.45) is 0 Å². The molecule has 2 nitrogen and oxygen atoms in total. The van der Waals surface area contributed by atoms with Crippen LogP contribution in [-0.4, -0.2) is 9.55 Å². The molecule has 108 valence electrons. The summed E-state index contributed by atoms with van der Waals surface area (Å²) in [5.74, 6) is -0.128. The molecule has 2 aromatic carbocycles. The first-order chi connectivity index (χ1) is 9.97. The number of hydrogen-bond acceptors (Lipinski definition) is 1. The molecule has 0 radical (unpaired) electrons. The third-order valence-corrected chi connectivity index (χ3v) is 4.18. The van der Waals surface area contributed by atoms with Gasteiger partial charge >= 0.3 is 0 Å². The molecule has 21 heavy (non-hydrogen) atoms. The van der Waals surface area contributed by atoms with Gasteiger partial charge in [-0.25, -0.2) is 4.39 Å². The summed E-state index contributed by atoms with van der Waals surface area (Å²) in [6.45, 7) is 6.29. The molecule has 3 aromatic rings. The van der Waals surface area contributed by atoms with E-state index < -0.39 is 0 Å². The van der Waals surface area contributed by atoms with Gasteiger partial charge in [-0.1, -0.05) is 24.3 Å². The average molecular weight is 300 g/mol. The van der Waals surface area contributed by atoms with Crippen molar-refractivity contribution in [1.82, 2.24) is 9.55 Å². The zero-order valence-corrected chi connectivity index (χ0v) is 13.1. The van der Waals surface area contributed by atoms with Gasteiger partial charge in [-0.15, -0.1) is 0 Å². The van der Waals surface area contributed by atoms with Gasteiger partial charge < -0.3 is 9.55 Å². The molecular formula is C17H17FN2S. The number of imidazole rings is 1. The van der Waals surface area contributed by atoms with Crippen molar-refractivity contribution < 1.29 is 4.39 Å². The van der Waals surface area contributed by atoms with Crippen LogP contribution in [0, 0.1) is 31.4 Å². The van der Waals surface area contributed by atoms with Gasteiger partial charge in [-0.2, -0.15) is 0 Å². The average Bonchev–Trinajstić information content (AvgIpc) is 2.75. The fourth-order valence-electron chi connectivity index (χ4n) is 2.79. The fraction of sp³-hybridized carbons (Fsp3) is 0.235. The summed E-state index contributed by atoms with van der Waals surface area (Å²) in [4.78, 5) is 3.26. The van der Waals surface area contributed by atoms with Crippen LogP contribution in [-0.2, 0) is 6.54 Å². The van der Waals surface area contributed by atoms with E-state index in [9.17, 15) is 4.39 Å². The highest BCUT2D eigenvalue weighted by molar-refractivity contribution is 7.71. The van der Waals surface area contributed by atoms with E-state index in [1.165, 1.54) is 5.56 Å². The Kier molecular flexibility index (Phi) is 3.41. The minimum Gasteiger partial charge on any atom is -0.330 e. The van der Waals surface area contributed by atoms with E-state index in [2.05, 4.69) is 28.6 Å². The lowest BCUT2D eigenvalue weighted by Gasteiger charge is -2.09. The number of halogens is 1. The molecule has 0 aliphatic carbocycles. The van der Waals surface area contributed by atoms with Crippen molar-refractivity contribution in [2.45, 2.75) is 27.3 Å². The third-order valence-electron chi connectivity index (χ3n) is 3.86. The van der Waals surface area contributed by atoms with E-state index in [-0.39, 0.29) is 5.82 Å². The first kappa shape index (κ1) is 14.0. The van der Waals surface area contributed by atoms with Crippen LogP contribution in [0.4, 0.5) is 4.39 Å². The van der Waals surface area contributed by atoms with E-state index in [1.54, 1.807) is 13.8 Å². The molecule has 0 aliphatic rings. The minimum atomic E-state index is -0.128. The van der Waals surface area contributed by atoms with Crippen LogP contribution in [0.25, 0.3) is 11.0 Å². The number of nitrogens with one attached hydrogen (secondary N) is 1. The lowest BCUT2D eigenvalue weighted by atomic mass is 10.1. The number of fused-ring (bicyclic) bond motifs is 1. The Hall–Kier alpha value is -1.94. The van der Waals surface area contributed by atoms with Crippen molar-refractivity contribution in [1.29, 1.82) is 0 Å². The lowest BCUT2D eigenvalue weighted by molar-refractivity contribution is 0.607. The number of hydrogen-bond donors (Lipinski definition) is 1. The summed E-state index contributed by atoms with van der Waals surface area (Å²) < 4.78 is 16.5. The molecule has 0 amide bonds. The molecule has 0 unspecified atom stereocenters. The number of nitrogens with zero attached hydrogens (tertiary/aromatic N) is 1. The van der Waals surface area contributed by atoms with Gasteiger partial charge in [0, 0.05) is 0 Å². The Balaban J connectivity index is 2.13. The van der Waals surface area contributed by atoms with Crippen LogP contribution < -0.4 is 0 Å². The highest BCUT2D eigenvalue weighted by Gasteiger charge is 2.09. The summed E-state index contributed by atoms with van der Waals surface area (Å²) in [6, 6.07) is 9.91. The Morgan fingerprint density at radius 2 is 1.76 bits per heavy atom. The van der Waals surface area contributed by atoms with Crippen LogP contribution in [0.1, 0.15) is 22.3 Å². The van der Waals surface area contributed by atoms with Crippen molar-refractivity contribution >= 4 is 23.3 Å². The molecule has 0 aliphatic heterocycles. The van der Waals surface area contributed by atoms with E-state index in [1.807, 2.05) is 18.2 Å². The first-order valence-corrected chi connectivity index (χ1v) is 7.32. The standard InChI is InChI=1S/C17H17FN2S/c1-10-5-4-6-14-16(10)19-17(21)20(14)9-13-7-11(2)15(18)12(3)8-13/h4-8H,9H2,1-3H3,(H,19,21). The van der Waals surface area contributed by atoms with Crippen LogP contribution >= 0.6 is 12.2 Å². The molecule has 1 N–H and O–H groups in total. The number of benzene rings is 2. The molecular weight excluding hydrogens is 283 g/mol. The van der Waals surface area contributed by atoms with Crippen LogP contribution in [0.15, 0.2) is 30.3 Å². The number of aromatic amines is 1. The highest BCUT2D eigenvalue weighted by atomic mass is 32.1. The lowest BCUT2D eigenvalue weighted by Crippen LogP contribution is -2.02. The van der Waals surface area contributed by atoms with Crippen LogP contribution in [0.3, 0.4) is 0 Å². The summed E-state index contributed by atoms with van der Waals surface area (Å²) in [5.41, 5.74) is 5.73. The first-order valence-electron chi connectivity index (χ1n) is 6.91. The zero-order chi connectivity index (χ0) is 15.1. The maximum Gasteiger partial charge on any atom is 0.178 e. The SMILES string of the molecule is Cc1cc(Cn2c(=S)[nH]c3c(C)cccc32)cc(C)c1F. The number of para-hydroxylation sites is 1. The minimum absolute atomic E-state index is 0.128. The predicted octanol–water partition coefficient (Wildman–Crippen LogP) is 4.81. The molecule has 0 spiro atoms. The summed E-state index contributed by atoms with van der Waals surface area (Å²) in [7, 11) is 0. The van der Waals surface area contributed by atoms with Gasteiger partial charge in [0.2, 0.25) is 0 Å². The highest BCUT2D eigenvalue weighted by Crippen LogP contribution is 2.21. The van der Waals surface area contributed by atoms with Gasteiger partial charge in [-0.05, 0) is 61.3 Å². The van der Waals surface area contributed by atoms with Gasteiger partial charge in [0.1, 0.15) is 5.82 Å². The van der Waals surface area contributed by atoms with E-state index >= 15 is 0 Å². The Morgan fingerprint density at radius 3 is 2.43 bits per heavy atom. The topological polar surface area (TPSA) is 20.7 Å². The summed E-state index contributed by atoms with van der Waals surface area (Å²) >= 11 is 5.44. The van der Waals surface area contributed by atoms with Gasteiger partial charge in [0.05, 0.1) is 17.6 Å². The van der Waals surface area contributed by atoms with E-state index in [4.69, 9.17) is 12.2 Å². The van der Waals surface area contributed by atoms with Crippen molar-refractivity contribution in [3.05, 3.63) is 63.2 Å². The molecule has 0 saturated heterocycles. The smallest absolute Gasteiger partial charge is 0.178 e. The number of aryl methyl sites for hydroxylation is 3. The molecule has 1 aromatic heterocycles. The maximum atomic E-state index is 13.7. The Labute approximate surface area is 128 Å². The molecule has 0 saturated carbocycles. The number of rotatable bonds is 2. The van der Waals surface area contributed by atoms with E-state index in [0.717, 1.165) is 16.6 Å². The Morgan fingerprint density at radius 1 is 1.10 bits per heavy atom. The third kappa shape index (κ3) is 2.40. The van der Waals surface area contributed by atoms with Crippen LogP contribution in [0.2, 0.25) is 0 Å². The summed E-state index contributed by atoms with van der Waals surface area (Å²) in [5, 5.41) is 0. The predicted molar refractivity (Wildman–Crippen MR) is 86.8 cm³/mol. The normalized spacial score (nSPS) is 11.2. The molecule has 0 fully saturated rings. The molecule has 4 heteroatoms.